The molecule has 1 saturated heterocycles. The molecule has 0 saturated carbocycles. The van der Waals surface area contributed by atoms with E-state index in [9.17, 15) is 9.59 Å². The molecular weight excluding hydrogens is 516 g/mol. The highest BCUT2D eigenvalue weighted by molar-refractivity contribution is 9.10. The summed E-state index contributed by atoms with van der Waals surface area (Å²) in [6.07, 6.45) is 6.81. The molecule has 1 N–H and O–H groups in total. The molecule has 0 aliphatic carbocycles. The second kappa shape index (κ2) is 9.72. The predicted octanol–water partition coefficient (Wildman–Crippen LogP) is 5.38. The number of nitrogens with one attached hydrogen (secondary N) is 1. The van der Waals surface area contributed by atoms with E-state index in [1.807, 2.05) is 12.1 Å². The summed E-state index contributed by atoms with van der Waals surface area (Å²) in [6, 6.07) is 7.36. The number of amides is 2. The average Bonchev–Trinajstić information content (AvgIpc) is 3.34. The van der Waals surface area contributed by atoms with E-state index in [-0.39, 0.29) is 11.1 Å². The molecule has 32 heavy (non-hydrogen) atoms. The molecule has 1 aromatic carbocycles. The van der Waals surface area contributed by atoms with Gasteiger partial charge in [-0.15, -0.1) is 0 Å². The molecule has 4 rings (SSSR count). The van der Waals surface area contributed by atoms with Gasteiger partial charge in [0.05, 0.1) is 18.2 Å². The molecule has 164 valence electrons. The van der Waals surface area contributed by atoms with Crippen molar-refractivity contribution in [3.8, 4) is 16.6 Å². The Morgan fingerprint density at radius 1 is 1.25 bits per heavy atom. The van der Waals surface area contributed by atoms with Gasteiger partial charge < -0.3 is 14.8 Å². The van der Waals surface area contributed by atoms with Crippen molar-refractivity contribution in [2.24, 2.45) is 0 Å². The zero-order valence-corrected chi connectivity index (χ0v) is 20.2. The van der Waals surface area contributed by atoms with Crippen molar-refractivity contribution in [1.82, 2.24) is 14.9 Å². The van der Waals surface area contributed by atoms with Crippen molar-refractivity contribution in [2.45, 2.75) is 6.54 Å². The lowest BCUT2D eigenvalue weighted by Gasteiger charge is -2.11. The Kier molecular flexibility index (Phi) is 6.77. The number of halogens is 1. The topological polar surface area (TPSA) is 93.7 Å². The van der Waals surface area contributed by atoms with Crippen molar-refractivity contribution in [2.75, 3.05) is 19.5 Å². The number of hydrogen-bond donors (Lipinski definition) is 1. The summed E-state index contributed by atoms with van der Waals surface area (Å²) in [6.45, 7) is 0.605. The fourth-order valence-electron chi connectivity index (χ4n) is 2.76. The van der Waals surface area contributed by atoms with Crippen LogP contribution in [0.4, 0.5) is 9.93 Å². The lowest BCUT2D eigenvalue weighted by molar-refractivity contribution is -0.121. The first kappa shape index (κ1) is 22.3. The molecule has 1 aliphatic heterocycles. The number of carbonyl (C=O) groups excluding carboxylic acids is 2. The number of imide groups is 1. The third-order valence-corrected chi connectivity index (χ3v) is 6.90. The average molecular weight is 533 g/mol. The van der Waals surface area contributed by atoms with E-state index in [1.54, 1.807) is 36.8 Å². The van der Waals surface area contributed by atoms with Crippen LogP contribution in [0, 0.1) is 0 Å². The summed E-state index contributed by atoms with van der Waals surface area (Å²) in [5, 5.41) is 4.24. The van der Waals surface area contributed by atoms with Gasteiger partial charge in [0.2, 0.25) is 5.06 Å². The zero-order valence-electron chi connectivity index (χ0n) is 17.0. The summed E-state index contributed by atoms with van der Waals surface area (Å²) < 4.78 is 12.2. The Balaban J connectivity index is 1.50. The van der Waals surface area contributed by atoms with Crippen LogP contribution in [-0.2, 0) is 11.3 Å². The maximum atomic E-state index is 12.2. The molecule has 0 spiro atoms. The molecule has 3 heterocycles. The molecular formula is C21H17BrN4O4S2. The SMILES string of the molecule is COc1cc(/C=C2\SC(=O)N(C)C2=O)c(Br)cc1Oc1cnc(NCc2cccnc2)s1. The number of aromatic nitrogens is 2. The van der Waals surface area contributed by atoms with Gasteiger partial charge in [0.1, 0.15) is 0 Å². The maximum Gasteiger partial charge on any atom is 0.293 e. The monoisotopic (exact) mass is 532 g/mol. The van der Waals surface area contributed by atoms with E-state index in [0.29, 0.717) is 43.2 Å². The maximum absolute atomic E-state index is 12.2. The Labute approximate surface area is 200 Å². The highest BCUT2D eigenvalue weighted by atomic mass is 79.9. The lowest BCUT2D eigenvalue weighted by atomic mass is 10.2. The first-order valence-corrected chi connectivity index (χ1v) is 11.7. The minimum Gasteiger partial charge on any atom is -0.493 e. The van der Waals surface area contributed by atoms with Crippen LogP contribution < -0.4 is 14.8 Å². The van der Waals surface area contributed by atoms with Crippen LogP contribution in [0.5, 0.6) is 16.6 Å². The first-order valence-electron chi connectivity index (χ1n) is 9.30. The largest absolute Gasteiger partial charge is 0.493 e. The second-order valence-corrected chi connectivity index (χ2v) is 9.41. The predicted molar refractivity (Wildman–Crippen MR) is 128 cm³/mol. The Hall–Kier alpha value is -2.89. The standard InChI is InChI=1S/C21H17BrN4O4S2/c1-26-19(27)17(31-21(26)28)7-13-6-15(29-2)16(8-14(13)22)30-18-11-25-20(32-18)24-10-12-4-3-5-23-9-12/h3-9,11H,10H2,1-2H3,(H,24,25)/b17-7-. The summed E-state index contributed by atoms with van der Waals surface area (Å²) in [4.78, 5) is 33.8. The van der Waals surface area contributed by atoms with Crippen LogP contribution in [0.3, 0.4) is 0 Å². The van der Waals surface area contributed by atoms with Crippen LogP contribution in [0.2, 0.25) is 0 Å². The fourth-order valence-corrected chi connectivity index (χ4v) is 4.70. The Morgan fingerprint density at radius 2 is 2.09 bits per heavy atom. The molecule has 11 heteroatoms. The number of anilines is 1. The lowest BCUT2D eigenvalue weighted by Crippen LogP contribution is -2.22. The first-order chi connectivity index (χ1) is 15.4. The Morgan fingerprint density at radius 3 is 2.78 bits per heavy atom. The van der Waals surface area contributed by atoms with E-state index in [2.05, 4.69) is 31.2 Å². The van der Waals surface area contributed by atoms with E-state index < -0.39 is 0 Å². The van der Waals surface area contributed by atoms with Gasteiger partial charge in [-0.2, -0.15) is 0 Å². The number of thiazole rings is 1. The summed E-state index contributed by atoms with van der Waals surface area (Å²) in [5.74, 6) is 0.637. The number of rotatable bonds is 7. The molecule has 3 aromatic rings. The fraction of sp³-hybridized carbons (Fsp3) is 0.143. The number of pyridine rings is 1. The van der Waals surface area contributed by atoms with E-state index in [0.717, 1.165) is 22.2 Å². The minimum atomic E-state index is -0.331. The number of thioether (sulfide) groups is 1. The van der Waals surface area contributed by atoms with Crippen LogP contribution in [-0.4, -0.2) is 40.2 Å². The van der Waals surface area contributed by atoms with Crippen molar-refractivity contribution in [3.63, 3.8) is 0 Å². The molecule has 1 aliphatic rings. The van der Waals surface area contributed by atoms with Gasteiger partial charge in [0.25, 0.3) is 11.1 Å². The zero-order chi connectivity index (χ0) is 22.7. The highest BCUT2D eigenvalue weighted by Crippen LogP contribution is 2.40. The summed E-state index contributed by atoms with van der Waals surface area (Å²) in [5.41, 5.74) is 1.74. The number of likely N-dealkylation sites (N-methyl/N-ethyl adjacent to an activating group) is 1. The summed E-state index contributed by atoms with van der Waals surface area (Å²) >= 11 is 5.77. The van der Waals surface area contributed by atoms with Gasteiger partial charge in [-0.3, -0.25) is 19.5 Å². The van der Waals surface area contributed by atoms with Gasteiger partial charge in [0.15, 0.2) is 16.6 Å². The smallest absolute Gasteiger partial charge is 0.293 e. The van der Waals surface area contributed by atoms with Crippen molar-refractivity contribution >= 4 is 61.4 Å². The van der Waals surface area contributed by atoms with Gasteiger partial charge in [-0.1, -0.05) is 33.3 Å². The third-order valence-electron chi connectivity index (χ3n) is 4.42. The number of ether oxygens (including phenoxy) is 2. The summed E-state index contributed by atoms with van der Waals surface area (Å²) in [7, 11) is 2.99. The van der Waals surface area contributed by atoms with E-state index >= 15 is 0 Å². The van der Waals surface area contributed by atoms with Crippen molar-refractivity contribution < 1.29 is 19.1 Å². The van der Waals surface area contributed by atoms with Crippen LogP contribution in [0.1, 0.15) is 11.1 Å². The molecule has 0 bridgehead atoms. The molecule has 0 radical (unpaired) electrons. The van der Waals surface area contributed by atoms with Gasteiger partial charge in [-0.25, -0.2) is 4.98 Å². The number of hydrogen-bond acceptors (Lipinski definition) is 9. The quantitative estimate of drug-likeness (QED) is 0.405. The molecule has 2 aromatic heterocycles. The minimum absolute atomic E-state index is 0.303. The van der Waals surface area contributed by atoms with Crippen molar-refractivity contribution in [1.29, 1.82) is 0 Å². The van der Waals surface area contributed by atoms with Crippen LogP contribution in [0.25, 0.3) is 6.08 Å². The Bertz CT molecular complexity index is 1200. The number of carbonyl (C=O) groups is 2. The highest BCUT2D eigenvalue weighted by Gasteiger charge is 2.32. The van der Waals surface area contributed by atoms with E-state index in [4.69, 9.17) is 9.47 Å². The number of nitrogens with zero attached hydrogens (tertiary/aromatic N) is 3. The number of benzene rings is 1. The van der Waals surface area contributed by atoms with Crippen LogP contribution in [0.15, 0.2) is 52.2 Å². The van der Waals surface area contributed by atoms with E-state index in [1.165, 1.54) is 25.5 Å². The molecule has 2 amide bonds. The molecule has 0 unspecified atom stereocenters. The molecule has 1 fully saturated rings. The van der Waals surface area contributed by atoms with Gasteiger partial charge in [0, 0.05) is 30.5 Å². The normalized spacial score (nSPS) is 14.8. The third kappa shape index (κ3) is 4.95. The van der Waals surface area contributed by atoms with Gasteiger partial charge >= 0.3 is 0 Å². The molecule has 8 nitrogen and oxygen atoms in total. The van der Waals surface area contributed by atoms with Crippen molar-refractivity contribution in [3.05, 3.63) is 63.4 Å². The number of methoxy groups -OCH3 is 1. The van der Waals surface area contributed by atoms with Gasteiger partial charge in [-0.05, 0) is 47.2 Å². The second-order valence-electron chi connectivity index (χ2n) is 6.57. The van der Waals surface area contributed by atoms with Crippen LogP contribution >= 0.6 is 39.0 Å². The molecule has 0 atom stereocenters.